The Morgan fingerprint density at radius 1 is 1.47 bits per heavy atom. The van der Waals surface area contributed by atoms with E-state index in [1.165, 1.54) is 4.90 Å². The van der Waals surface area contributed by atoms with E-state index < -0.39 is 19.0 Å². The van der Waals surface area contributed by atoms with Crippen LogP contribution in [0.5, 0.6) is 0 Å². The van der Waals surface area contributed by atoms with Crippen molar-refractivity contribution in [3.05, 3.63) is 0 Å². The Morgan fingerprint density at radius 2 is 2.21 bits per heavy atom. The predicted molar refractivity (Wildman–Crippen MR) is 66.5 cm³/mol. The highest BCUT2D eigenvalue weighted by Gasteiger charge is 2.28. The smallest absolute Gasteiger partial charge is 0.305 e. The number of hydrogen-bond donors (Lipinski definition) is 1. The van der Waals surface area contributed by atoms with Gasteiger partial charge in [0.15, 0.2) is 0 Å². The Kier molecular flexibility index (Phi) is 7.07. The number of nitrogens with zero attached hydrogens (tertiary/aromatic N) is 1. The predicted octanol–water partition coefficient (Wildman–Crippen LogP) is 1.08. The van der Waals surface area contributed by atoms with Gasteiger partial charge in [-0.15, -0.1) is 0 Å². The minimum Gasteiger partial charge on any atom is -0.481 e. The molecule has 0 aromatic heterocycles. The van der Waals surface area contributed by atoms with Crippen LogP contribution >= 0.6 is 11.8 Å². The number of ether oxygens (including phenoxy) is 1. The number of carbonyl (C=O) groups is 2. The van der Waals surface area contributed by atoms with Crippen LogP contribution in [0.15, 0.2) is 0 Å². The third-order valence-corrected chi connectivity index (χ3v) is 3.75. The molecule has 1 aliphatic rings. The first kappa shape index (κ1) is 16.2. The summed E-state index contributed by atoms with van der Waals surface area (Å²) in [6.45, 7) is -0.245. The van der Waals surface area contributed by atoms with Crippen molar-refractivity contribution in [2.75, 3.05) is 31.3 Å². The van der Waals surface area contributed by atoms with Gasteiger partial charge in [0.2, 0.25) is 5.91 Å². The number of carbonyl (C=O) groups excluding carboxylic acids is 1. The third-order valence-electron chi connectivity index (χ3n) is 2.66. The molecular formula is C11H17F2NO4S. The third kappa shape index (κ3) is 6.20. The van der Waals surface area contributed by atoms with Crippen molar-refractivity contribution in [3.8, 4) is 0 Å². The highest BCUT2D eigenvalue weighted by atomic mass is 32.2. The first-order chi connectivity index (χ1) is 9.00. The second-order valence-electron chi connectivity index (χ2n) is 4.13. The van der Waals surface area contributed by atoms with Crippen molar-refractivity contribution in [1.82, 2.24) is 4.90 Å². The lowest BCUT2D eigenvalue weighted by atomic mass is 10.2. The molecule has 0 aromatic carbocycles. The molecule has 0 aliphatic carbocycles. The molecule has 1 rings (SSSR count). The fourth-order valence-electron chi connectivity index (χ4n) is 1.83. The Morgan fingerprint density at radius 3 is 2.84 bits per heavy atom. The van der Waals surface area contributed by atoms with Crippen molar-refractivity contribution in [2.45, 2.75) is 25.3 Å². The summed E-state index contributed by atoms with van der Waals surface area (Å²) in [5.74, 6) is 0.176. The first-order valence-electron chi connectivity index (χ1n) is 5.95. The Bertz CT molecular complexity index is 317. The fraction of sp³-hybridized carbons (Fsp3) is 0.818. The molecule has 5 nitrogen and oxygen atoms in total. The molecule has 0 bridgehead atoms. The summed E-state index contributed by atoms with van der Waals surface area (Å²) < 4.78 is 28.3. The fourth-order valence-corrected chi connectivity index (χ4v) is 2.89. The zero-order valence-corrected chi connectivity index (χ0v) is 11.2. The molecule has 8 heteroatoms. The largest absolute Gasteiger partial charge is 0.481 e. The maximum absolute atomic E-state index is 11.9. The standard InChI is InChI=1S/C11H17F2NO4S/c12-9(13)6-18-3-1-10(15)14-2-4-19-7-8(14)5-11(16)17/h8-9H,1-7H2,(H,16,17). The highest BCUT2D eigenvalue weighted by Crippen LogP contribution is 2.19. The van der Waals surface area contributed by atoms with Crippen molar-refractivity contribution < 1.29 is 28.2 Å². The van der Waals surface area contributed by atoms with E-state index in [0.717, 1.165) is 5.75 Å². The van der Waals surface area contributed by atoms with Crippen molar-refractivity contribution in [1.29, 1.82) is 0 Å². The Labute approximate surface area is 114 Å². The molecule has 0 radical (unpaired) electrons. The lowest BCUT2D eigenvalue weighted by molar-refractivity contribution is -0.140. The summed E-state index contributed by atoms with van der Waals surface area (Å²) >= 11 is 1.61. The van der Waals surface area contributed by atoms with Crippen LogP contribution in [0.1, 0.15) is 12.8 Å². The van der Waals surface area contributed by atoms with Gasteiger partial charge in [-0.3, -0.25) is 9.59 Å². The number of hydrogen-bond acceptors (Lipinski definition) is 4. The molecule has 1 saturated heterocycles. The van der Waals surface area contributed by atoms with Gasteiger partial charge < -0.3 is 14.7 Å². The van der Waals surface area contributed by atoms with Crippen LogP contribution < -0.4 is 0 Å². The van der Waals surface area contributed by atoms with Gasteiger partial charge in [-0.2, -0.15) is 11.8 Å². The number of alkyl halides is 2. The van der Waals surface area contributed by atoms with Crippen LogP contribution in [0.4, 0.5) is 8.78 Å². The van der Waals surface area contributed by atoms with Gasteiger partial charge in [-0.1, -0.05) is 0 Å². The molecule has 110 valence electrons. The Balaban J connectivity index is 2.37. The summed E-state index contributed by atoms with van der Waals surface area (Å²) in [5.41, 5.74) is 0. The maximum Gasteiger partial charge on any atom is 0.305 e. The molecule has 1 aliphatic heterocycles. The van der Waals surface area contributed by atoms with Gasteiger partial charge in [-0.25, -0.2) is 8.78 Å². The van der Waals surface area contributed by atoms with E-state index in [0.29, 0.717) is 12.3 Å². The number of carboxylic acid groups (broad SMARTS) is 1. The topological polar surface area (TPSA) is 66.8 Å². The highest BCUT2D eigenvalue weighted by molar-refractivity contribution is 7.99. The minimum absolute atomic E-state index is 0.00745. The van der Waals surface area contributed by atoms with Gasteiger partial charge in [0.25, 0.3) is 6.43 Å². The van der Waals surface area contributed by atoms with Crippen LogP contribution in [0.3, 0.4) is 0 Å². The first-order valence-corrected chi connectivity index (χ1v) is 7.11. The van der Waals surface area contributed by atoms with Crippen molar-refractivity contribution in [3.63, 3.8) is 0 Å². The Hall–Kier alpha value is -0.890. The van der Waals surface area contributed by atoms with E-state index in [1.807, 2.05) is 0 Å². The molecule has 1 amide bonds. The molecule has 0 aromatic rings. The zero-order valence-electron chi connectivity index (χ0n) is 10.4. The van der Waals surface area contributed by atoms with Crippen LogP contribution in [0, 0.1) is 0 Å². The quantitative estimate of drug-likeness (QED) is 0.712. The second kappa shape index (κ2) is 8.31. The van der Waals surface area contributed by atoms with Crippen LogP contribution in [0.25, 0.3) is 0 Å². The summed E-state index contributed by atoms with van der Waals surface area (Å²) in [7, 11) is 0. The van der Waals surface area contributed by atoms with Gasteiger partial charge >= 0.3 is 5.97 Å². The average Bonchev–Trinajstić information content (AvgIpc) is 2.34. The van der Waals surface area contributed by atoms with Crippen molar-refractivity contribution in [2.24, 2.45) is 0 Å². The summed E-state index contributed by atoms with van der Waals surface area (Å²) in [4.78, 5) is 24.1. The SMILES string of the molecule is O=C(O)CC1CSCCN1C(=O)CCOCC(F)F. The van der Waals surface area contributed by atoms with Crippen LogP contribution in [-0.4, -0.2) is 65.6 Å². The maximum atomic E-state index is 11.9. The van der Waals surface area contributed by atoms with E-state index in [-0.39, 0.29) is 31.4 Å². The molecule has 1 atom stereocenters. The van der Waals surface area contributed by atoms with E-state index in [9.17, 15) is 18.4 Å². The number of halogens is 2. The molecule has 1 fully saturated rings. The van der Waals surface area contributed by atoms with E-state index in [4.69, 9.17) is 5.11 Å². The van der Waals surface area contributed by atoms with Gasteiger partial charge in [-0.05, 0) is 0 Å². The van der Waals surface area contributed by atoms with Gasteiger partial charge in [0.1, 0.15) is 6.61 Å². The summed E-state index contributed by atoms with van der Waals surface area (Å²) in [6, 6.07) is -0.321. The van der Waals surface area contributed by atoms with Gasteiger partial charge in [0.05, 0.1) is 25.5 Å². The lowest BCUT2D eigenvalue weighted by Gasteiger charge is -2.34. The van der Waals surface area contributed by atoms with Crippen LogP contribution in [-0.2, 0) is 14.3 Å². The lowest BCUT2D eigenvalue weighted by Crippen LogP contribution is -2.47. The summed E-state index contributed by atoms with van der Waals surface area (Å²) in [6.07, 6.45) is -2.62. The summed E-state index contributed by atoms with van der Waals surface area (Å²) in [5, 5.41) is 8.79. The number of aliphatic carboxylic acids is 1. The average molecular weight is 297 g/mol. The molecule has 19 heavy (non-hydrogen) atoms. The molecule has 1 heterocycles. The van der Waals surface area contributed by atoms with E-state index in [1.54, 1.807) is 11.8 Å². The number of rotatable bonds is 7. The van der Waals surface area contributed by atoms with Crippen molar-refractivity contribution >= 4 is 23.6 Å². The molecular weight excluding hydrogens is 280 g/mol. The monoisotopic (exact) mass is 297 g/mol. The minimum atomic E-state index is -2.54. The molecule has 0 spiro atoms. The molecule has 1 N–H and O–H groups in total. The molecule has 1 unspecified atom stereocenters. The number of carboxylic acids is 1. The van der Waals surface area contributed by atoms with Crippen LogP contribution in [0.2, 0.25) is 0 Å². The zero-order chi connectivity index (χ0) is 14.3. The van der Waals surface area contributed by atoms with Gasteiger partial charge in [0, 0.05) is 18.1 Å². The normalized spacial score (nSPS) is 19.7. The number of thioether (sulfide) groups is 1. The number of amides is 1. The van der Waals surface area contributed by atoms with E-state index >= 15 is 0 Å². The van der Waals surface area contributed by atoms with E-state index in [2.05, 4.69) is 4.74 Å². The second-order valence-corrected chi connectivity index (χ2v) is 5.28. The molecule has 0 saturated carbocycles.